The zero-order valence-electron chi connectivity index (χ0n) is 17.8. The molecule has 0 unspecified atom stereocenters. The minimum atomic E-state index is -3.79. The Morgan fingerprint density at radius 2 is 1.69 bits per heavy atom. The third-order valence-corrected chi connectivity index (χ3v) is 9.07. The number of hydrogen-bond acceptors (Lipinski definition) is 7. The van der Waals surface area contributed by atoms with Crippen molar-refractivity contribution in [2.24, 2.45) is 5.92 Å². The van der Waals surface area contributed by atoms with Crippen molar-refractivity contribution in [2.75, 3.05) is 17.7 Å². The van der Waals surface area contributed by atoms with E-state index in [1.807, 2.05) is 18.9 Å². The molecule has 0 aliphatic heterocycles. The lowest BCUT2D eigenvalue weighted by molar-refractivity contribution is 0.341. The predicted octanol–water partition coefficient (Wildman–Crippen LogP) is 3.54. The van der Waals surface area contributed by atoms with Crippen molar-refractivity contribution in [2.45, 2.75) is 43.5 Å². The minimum Gasteiger partial charge on any atom is -0.356 e. The van der Waals surface area contributed by atoms with Gasteiger partial charge in [0.25, 0.3) is 10.0 Å². The van der Waals surface area contributed by atoms with E-state index in [4.69, 9.17) is 10.7 Å². The van der Waals surface area contributed by atoms with Gasteiger partial charge >= 0.3 is 0 Å². The summed E-state index contributed by atoms with van der Waals surface area (Å²) in [4.78, 5) is 10.9. The summed E-state index contributed by atoms with van der Waals surface area (Å²) in [5, 5.41) is 0.649. The Morgan fingerprint density at radius 1 is 1.03 bits per heavy atom. The van der Waals surface area contributed by atoms with Crippen LogP contribution in [-0.2, 0) is 19.1 Å². The van der Waals surface area contributed by atoms with Gasteiger partial charge in [-0.15, -0.1) is 0 Å². The van der Waals surface area contributed by atoms with Crippen LogP contribution >= 0.6 is 10.7 Å². The van der Waals surface area contributed by atoms with Crippen LogP contribution in [0.25, 0.3) is 11.0 Å². The van der Waals surface area contributed by atoms with Crippen molar-refractivity contribution in [1.29, 1.82) is 0 Å². The van der Waals surface area contributed by atoms with Crippen molar-refractivity contribution in [3.8, 4) is 0 Å². The normalized spacial score (nSPS) is 19.8. The maximum absolute atomic E-state index is 13.2. The van der Waals surface area contributed by atoms with Gasteiger partial charge in [0.05, 0.1) is 16.0 Å². The van der Waals surface area contributed by atoms with E-state index in [1.165, 1.54) is 16.5 Å². The summed E-state index contributed by atoms with van der Waals surface area (Å²) in [6, 6.07) is 8.59. The van der Waals surface area contributed by atoms with Crippen molar-refractivity contribution < 1.29 is 16.8 Å². The van der Waals surface area contributed by atoms with Crippen LogP contribution in [0.2, 0.25) is 0 Å². The van der Waals surface area contributed by atoms with E-state index in [0.717, 1.165) is 31.2 Å². The summed E-state index contributed by atoms with van der Waals surface area (Å²) in [6.07, 6.45) is 6.02. The second-order valence-electron chi connectivity index (χ2n) is 8.36. The number of aryl methyl sites for hydroxylation is 1. The quantitative estimate of drug-likeness (QED) is 0.481. The number of nitrogens with zero attached hydrogens (tertiary/aromatic N) is 4. The van der Waals surface area contributed by atoms with Gasteiger partial charge in [-0.25, -0.2) is 30.8 Å². The Hall–Kier alpha value is -2.17. The second-order valence-corrected chi connectivity index (χ2v) is 13.0. The summed E-state index contributed by atoms with van der Waals surface area (Å²) >= 11 is 0. The lowest BCUT2D eigenvalue weighted by Crippen LogP contribution is -2.36. The van der Waals surface area contributed by atoms with E-state index in [1.54, 1.807) is 30.3 Å². The molecule has 8 nitrogen and oxygen atoms in total. The first-order valence-electron chi connectivity index (χ1n) is 10.4. The predicted molar refractivity (Wildman–Crippen MR) is 125 cm³/mol. The Balaban J connectivity index is 1.60. The molecule has 2 aromatic heterocycles. The molecule has 11 heteroatoms. The number of anilines is 1. The molecule has 172 valence electrons. The lowest BCUT2D eigenvalue weighted by atomic mass is 9.86. The van der Waals surface area contributed by atoms with Crippen LogP contribution in [0.15, 0.2) is 47.8 Å². The molecule has 0 bridgehead atoms. The van der Waals surface area contributed by atoms with Crippen LogP contribution in [0.3, 0.4) is 0 Å². The number of aromatic nitrogens is 3. The number of hydrogen-bond donors (Lipinski definition) is 0. The standard InChI is InChI=1S/C21H25ClN4O4S2/c1-15-3-9-18(10-4-15)32(29,30)26-12-11-19-20(23-14-24-21(19)26)25(2)17-7-5-16(6-8-17)13-31(22,27)28/h3-4,9-12,14,16-17H,5-8,13H2,1-2H3/t16-,17-. The topological polar surface area (TPSA) is 102 Å². The van der Waals surface area contributed by atoms with Crippen LogP contribution in [0.5, 0.6) is 0 Å². The van der Waals surface area contributed by atoms with Crippen molar-refractivity contribution in [3.63, 3.8) is 0 Å². The average Bonchev–Trinajstić information content (AvgIpc) is 3.18. The fraction of sp³-hybridized carbons (Fsp3) is 0.429. The first-order chi connectivity index (χ1) is 15.1. The second kappa shape index (κ2) is 8.64. The van der Waals surface area contributed by atoms with Crippen LogP contribution < -0.4 is 4.90 Å². The molecule has 32 heavy (non-hydrogen) atoms. The van der Waals surface area contributed by atoms with E-state index < -0.39 is 19.1 Å². The smallest absolute Gasteiger partial charge is 0.269 e. The molecule has 3 aromatic rings. The zero-order valence-corrected chi connectivity index (χ0v) is 20.2. The maximum atomic E-state index is 13.2. The number of fused-ring (bicyclic) bond motifs is 1. The van der Waals surface area contributed by atoms with Gasteiger partial charge < -0.3 is 4.90 Å². The fourth-order valence-electron chi connectivity index (χ4n) is 4.37. The number of halogens is 1. The van der Waals surface area contributed by atoms with Gasteiger partial charge in [0.15, 0.2) is 5.65 Å². The van der Waals surface area contributed by atoms with Crippen molar-refractivity contribution >= 4 is 46.6 Å². The van der Waals surface area contributed by atoms with Crippen molar-refractivity contribution in [1.82, 2.24) is 13.9 Å². The first kappa shape index (κ1) is 23.0. The third kappa shape index (κ3) is 4.62. The number of benzene rings is 1. The SMILES string of the molecule is Cc1ccc(S(=O)(=O)n2ccc3c(N(C)[C@H]4CC[C@H](CS(=O)(=O)Cl)CC4)ncnc32)cc1. The lowest BCUT2D eigenvalue weighted by Gasteiger charge is -2.35. The van der Waals surface area contributed by atoms with Crippen LogP contribution in [0.4, 0.5) is 5.82 Å². The highest BCUT2D eigenvalue weighted by Crippen LogP contribution is 2.33. The molecule has 4 rings (SSSR count). The van der Waals surface area contributed by atoms with Gasteiger partial charge in [0, 0.05) is 30.0 Å². The molecular weight excluding hydrogens is 472 g/mol. The fourth-order valence-corrected chi connectivity index (χ4v) is 7.10. The molecule has 0 N–H and O–H groups in total. The summed E-state index contributed by atoms with van der Waals surface area (Å²) in [5.41, 5.74) is 1.30. The first-order valence-corrected chi connectivity index (χ1v) is 14.3. The average molecular weight is 497 g/mol. The zero-order chi connectivity index (χ0) is 23.1. The van der Waals surface area contributed by atoms with Crippen molar-refractivity contribution in [3.05, 3.63) is 48.4 Å². The summed E-state index contributed by atoms with van der Waals surface area (Å²) in [5.74, 6) is 0.720. The highest BCUT2D eigenvalue weighted by molar-refractivity contribution is 8.13. The summed E-state index contributed by atoms with van der Waals surface area (Å²) < 4.78 is 50.3. The monoisotopic (exact) mass is 496 g/mol. The summed E-state index contributed by atoms with van der Waals surface area (Å²) in [7, 11) is 0.0454. The van der Waals surface area contributed by atoms with Crippen LogP contribution in [0, 0.1) is 12.8 Å². The van der Waals surface area contributed by atoms with Gasteiger partial charge in [-0.05, 0) is 56.7 Å². The van der Waals surface area contributed by atoms with Gasteiger partial charge in [0.2, 0.25) is 9.05 Å². The Morgan fingerprint density at radius 3 is 2.31 bits per heavy atom. The van der Waals surface area contributed by atoms with Gasteiger partial charge in [-0.3, -0.25) is 0 Å². The molecule has 2 heterocycles. The van der Waals surface area contributed by atoms with Crippen LogP contribution in [-0.4, -0.2) is 49.6 Å². The highest BCUT2D eigenvalue weighted by atomic mass is 35.7. The number of rotatable bonds is 6. The largest absolute Gasteiger partial charge is 0.356 e. The maximum Gasteiger partial charge on any atom is 0.269 e. The molecule has 1 aromatic carbocycles. The van der Waals surface area contributed by atoms with E-state index in [2.05, 4.69) is 9.97 Å². The van der Waals surface area contributed by atoms with E-state index >= 15 is 0 Å². The van der Waals surface area contributed by atoms with Gasteiger partial charge in [0.1, 0.15) is 12.1 Å². The molecule has 0 radical (unpaired) electrons. The molecular formula is C21H25ClN4O4S2. The minimum absolute atomic E-state index is 0.00244. The molecule has 0 saturated heterocycles. The molecule has 1 fully saturated rings. The van der Waals surface area contributed by atoms with Crippen LogP contribution in [0.1, 0.15) is 31.2 Å². The Labute approximate surface area is 192 Å². The molecule has 1 aliphatic carbocycles. The van der Waals surface area contributed by atoms with Gasteiger partial charge in [-0.1, -0.05) is 17.7 Å². The molecule has 0 spiro atoms. The Kier molecular flexibility index (Phi) is 6.21. The Bertz CT molecular complexity index is 1330. The molecule has 0 amide bonds. The van der Waals surface area contributed by atoms with E-state index in [-0.39, 0.29) is 22.6 Å². The van der Waals surface area contributed by atoms with E-state index in [9.17, 15) is 16.8 Å². The van der Waals surface area contributed by atoms with E-state index in [0.29, 0.717) is 16.9 Å². The summed E-state index contributed by atoms with van der Waals surface area (Å²) in [6.45, 7) is 1.90. The highest BCUT2D eigenvalue weighted by Gasteiger charge is 2.29. The third-order valence-electron chi connectivity index (χ3n) is 6.14. The molecule has 0 atom stereocenters. The molecule has 1 saturated carbocycles. The van der Waals surface area contributed by atoms with Gasteiger partial charge in [-0.2, -0.15) is 0 Å². The molecule has 1 aliphatic rings.